The fourth-order valence-corrected chi connectivity index (χ4v) is 2.49. The summed E-state index contributed by atoms with van der Waals surface area (Å²) < 4.78 is 12.5. The van der Waals surface area contributed by atoms with Gasteiger partial charge in [0.2, 0.25) is 5.82 Å². The highest BCUT2D eigenvalue weighted by molar-refractivity contribution is 7.99. The maximum Gasteiger partial charge on any atom is 0.316 e. The predicted molar refractivity (Wildman–Crippen MR) is 84.5 cm³/mol. The Balaban J connectivity index is 2.11. The minimum atomic E-state index is -0.494. The van der Waals surface area contributed by atoms with Crippen LogP contribution < -0.4 is 0 Å². The fraction of sp³-hybridized carbons (Fsp3) is 0.400. The number of hydrogen-bond acceptors (Lipinski definition) is 6. The van der Waals surface area contributed by atoms with E-state index in [2.05, 4.69) is 16.8 Å². The van der Waals surface area contributed by atoms with Gasteiger partial charge in [-0.05, 0) is 32.9 Å². The molecule has 22 heavy (non-hydrogen) atoms. The second-order valence-electron chi connectivity index (χ2n) is 5.56. The van der Waals surface area contributed by atoms with Crippen molar-refractivity contribution in [2.75, 3.05) is 5.75 Å². The zero-order chi connectivity index (χ0) is 16.2. The quantitative estimate of drug-likeness (QED) is 0.462. The van der Waals surface area contributed by atoms with Crippen molar-refractivity contribution in [3.63, 3.8) is 0 Å². The third-order valence-corrected chi connectivity index (χ3v) is 3.45. The first kappa shape index (κ1) is 16.4. The largest absolute Gasteiger partial charge is 0.461 e. The molecular weight excluding hydrogens is 302 g/mol. The summed E-state index contributed by atoms with van der Waals surface area (Å²) in [5.41, 5.74) is -0.494. The smallest absolute Gasteiger partial charge is 0.316 e. The van der Waals surface area contributed by atoms with Gasteiger partial charge in [-0.2, -0.15) is 0 Å². The topological polar surface area (TPSA) is 70.2 Å². The lowest BCUT2D eigenvalue weighted by Crippen LogP contribution is -2.25. The Bertz CT molecular complexity index is 642. The van der Waals surface area contributed by atoms with Gasteiger partial charge >= 0.3 is 5.97 Å². The van der Waals surface area contributed by atoms with Crippen LogP contribution in [0.15, 0.2) is 40.6 Å². The Morgan fingerprint density at radius 2 is 2.27 bits per heavy atom. The van der Waals surface area contributed by atoms with Crippen molar-refractivity contribution in [1.29, 1.82) is 0 Å². The molecule has 0 fully saturated rings. The van der Waals surface area contributed by atoms with Gasteiger partial charge in [-0.25, -0.2) is 0 Å². The number of nitrogens with zero attached hydrogens (tertiary/aromatic N) is 3. The Morgan fingerprint density at radius 1 is 1.50 bits per heavy atom. The zero-order valence-corrected chi connectivity index (χ0v) is 13.7. The highest BCUT2D eigenvalue weighted by Gasteiger charge is 2.19. The highest BCUT2D eigenvalue weighted by atomic mass is 32.2. The molecule has 0 aliphatic heterocycles. The van der Waals surface area contributed by atoms with Crippen LogP contribution in [-0.2, 0) is 16.1 Å². The molecule has 0 saturated carbocycles. The van der Waals surface area contributed by atoms with Gasteiger partial charge < -0.3 is 9.15 Å². The molecule has 2 aromatic rings. The summed E-state index contributed by atoms with van der Waals surface area (Å²) in [6, 6.07) is 3.60. The van der Waals surface area contributed by atoms with Crippen molar-refractivity contribution < 1.29 is 13.9 Å². The molecule has 0 aromatic carbocycles. The maximum atomic E-state index is 11.8. The number of thioether (sulfide) groups is 1. The molecule has 0 unspecified atom stereocenters. The molecule has 2 rings (SSSR count). The average molecular weight is 321 g/mol. The van der Waals surface area contributed by atoms with E-state index in [1.165, 1.54) is 11.8 Å². The van der Waals surface area contributed by atoms with Gasteiger partial charge in [-0.3, -0.25) is 9.36 Å². The van der Waals surface area contributed by atoms with Crippen LogP contribution >= 0.6 is 11.8 Å². The standard InChI is InChI=1S/C15H19N3O3S/c1-5-8-18-13(11-7-6-9-20-11)16-17-14(18)22-10-12(19)21-15(2,3)4/h5-7,9H,1,8,10H2,2-4H3. The van der Waals surface area contributed by atoms with E-state index in [9.17, 15) is 4.79 Å². The van der Waals surface area contributed by atoms with Crippen molar-refractivity contribution in [2.45, 2.75) is 38.1 Å². The lowest BCUT2D eigenvalue weighted by molar-refractivity contribution is -0.151. The number of allylic oxidation sites excluding steroid dienone is 1. The van der Waals surface area contributed by atoms with Gasteiger partial charge in [0, 0.05) is 6.54 Å². The number of esters is 1. The lowest BCUT2D eigenvalue weighted by atomic mass is 10.2. The molecule has 7 heteroatoms. The number of carbonyl (C=O) groups excluding carboxylic acids is 1. The van der Waals surface area contributed by atoms with E-state index >= 15 is 0 Å². The summed E-state index contributed by atoms with van der Waals surface area (Å²) >= 11 is 1.28. The normalized spacial score (nSPS) is 11.4. The van der Waals surface area contributed by atoms with Crippen LogP contribution in [0.5, 0.6) is 0 Å². The zero-order valence-electron chi connectivity index (χ0n) is 12.9. The molecular formula is C15H19N3O3S. The molecule has 0 saturated heterocycles. The van der Waals surface area contributed by atoms with E-state index in [1.54, 1.807) is 18.4 Å². The summed E-state index contributed by atoms with van der Waals surface area (Å²) in [7, 11) is 0. The SMILES string of the molecule is C=CCn1c(SCC(=O)OC(C)(C)C)nnc1-c1ccco1. The van der Waals surface area contributed by atoms with Crippen molar-refractivity contribution in [2.24, 2.45) is 0 Å². The van der Waals surface area contributed by atoms with Crippen LogP contribution in [0.25, 0.3) is 11.6 Å². The molecule has 2 aromatic heterocycles. The van der Waals surface area contributed by atoms with Gasteiger partial charge in [-0.15, -0.1) is 16.8 Å². The molecule has 0 spiro atoms. The first-order chi connectivity index (χ1) is 10.4. The number of rotatable bonds is 6. The summed E-state index contributed by atoms with van der Waals surface area (Å²) in [6.07, 6.45) is 3.32. The third kappa shape index (κ3) is 4.24. The molecule has 0 amide bonds. The number of ether oxygens (including phenoxy) is 1. The summed E-state index contributed by atoms with van der Waals surface area (Å²) in [4.78, 5) is 11.8. The van der Waals surface area contributed by atoms with Gasteiger partial charge in [0.05, 0.1) is 12.0 Å². The molecule has 118 valence electrons. The monoisotopic (exact) mass is 321 g/mol. The summed E-state index contributed by atoms with van der Waals surface area (Å²) in [5.74, 6) is 1.12. The molecule has 0 aliphatic carbocycles. The van der Waals surface area contributed by atoms with Crippen molar-refractivity contribution >= 4 is 17.7 Å². The van der Waals surface area contributed by atoms with Gasteiger partial charge in [-0.1, -0.05) is 17.8 Å². The molecule has 6 nitrogen and oxygen atoms in total. The number of hydrogen-bond donors (Lipinski definition) is 0. The predicted octanol–water partition coefficient (Wildman–Crippen LogP) is 3.16. The number of carbonyl (C=O) groups is 1. The number of aromatic nitrogens is 3. The van der Waals surface area contributed by atoms with Crippen molar-refractivity contribution in [3.05, 3.63) is 31.1 Å². The molecule has 0 radical (unpaired) electrons. The van der Waals surface area contributed by atoms with Crippen LogP contribution in [0.4, 0.5) is 0 Å². The Hall–Kier alpha value is -2.02. The van der Waals surface area contributed by atoms with Crippen LogP contribution in [0.3, 0.4) is 0 Å². The summed E-state index contributed by atoms with van der Waals surface area (Å²) in [5, 5.41) is 8.87. The van der Waals surface area contributed by atoms with E-state index in [1.807, 2.05) is 31.4 Å². The Labute approximate surface area is 133 Å². The lowest BCUT2D eigenvalue weighted by Gasteiger charge is -2.19. The number of furan rings is 1. The van der Waals surface area contributed by atoms with Gasteiger partial charge in [0.1, 0.15) is 5.60 Å². The van der Waals surface area contributed by atoms with Gasteiger partial charge in [0.15, 0.2) is 10.9 Å². The second-order valence-corrected chi connectivity index (χ2v) is 6.50. The van der Waals surface area contributed by atoms with Crippen molar-refractivity contribution in [3.8, 4) is 11.6 Å². The first-order valence-electron chi connectivity index (χ1n) is 6.83. The van der Waals surface area contributed by atoms with Crippen LogP contribution in [-0.4, -0.2) is 32.1 Å². The average Bonchev–Trinajstić information content (AvgIpc) is 3.04. The van der Waals surface area contributed by atoms with E-state index in [0.717, 1.165) is 0 Å². The van der Waals surface area contributed by atoms with Crippen LogP contribution in [0.1, 0.15) is 20.8 Å². The molecule has 0 bridgehead atoms. The second kappa shape index (κ2) is 6.83. The molecule has 0 N–H and O–H groups in total. The minimum absolute atomic E-state index is 0.171. The maximum absolute atomic E-state index is 11.8. The molecule has 0 aliphatic rings. The fourth-order valence-electron chi connectivity index (χ4n) is 1.77. The third-order valence-electron chi connectivity index (χ3n) is 2.51. The van der Waals surface area contributed by atoms with Gasteiger partial charge in [0.25, 0.3) is 0 Å². The minimum Gasteiger partial charge on any atom is -0.461 e. The highest BCUT2D eigenvalue weighted by Crippen LogP contribution is 2.24. The van der Waals surface area contributed by atoms with Crippen LogP contribution in [0, 0.1) is 0 Å². The van der Waals surface area contributed by atoms with Crippen LogP contribution in [0.2, 0.25) is 0 Å². The summed E-state index contributed by atoms with van der Waals surface area (Å²) in [6.45, 7) is 9.78. The molecule has 2 heterocycles. The molecule has 0 atom stereocenters. The van der Waals surface area contributed by atoms with E-state index in [0.29, 0.717) is 23.3 Å². The Morgan fingerprint density at radius 3 is 2.86 bits per heavy atom. The van der Waals surface area contributed by atoms with Crippen molar-refractivity contribution in [1.82, 2.24) is 14.8 Å². The van der Waals surface area contributed by atoms with E-state index in [-0.39, 0.29) is 11.7 Å². The Kier molecular flexibility index (Phi) is 5.07. The first-order valence-corrected chi connectivity index (χ1v) is 7.82. The van der Waals surface area contributed by atoms with E-state index in [4.69, 9.17) is 9.15 Å². The van der Waals surface area contributed by atoms with E-state index < -0.39 is 5.60 Å².